The van der Waals surface area contributed by atoms with Crippen molar-refractivity contribution in [2.45, 2.75) is 210 Å². The van der Waals surface area contributed by atoms with Gasteiger partial charge < -0.3 is 20.4 Å². The molecule has 0 spiro atoms. The number of phenolic OH excluding ortho intramolecular Hbond substituents is 4. The molecule has 4 rings (SSSR count). The normalized spacial score (nSPS) is 14.7. The van der Waals surface area contributed by atoms with E-state index in [1.54, 1.807) is 0 Å². The zero-order valence-electron chi connectivity index (χ0n) is 46.1. The third-order valence-electron chi connectivity index (χ3n) is 14.8. The molecule has 0 saturated heterocycles. The van der Waals surface area contributed by atoms with Gasteiger partial charge in [0.05, 0.1) is 26.2 Å². The van der Waals surface area contributed by atoms with Gasteiger partial charge in [-0.25, -0.2) is 0 Å². The molecule has 0 saturated carbocycles. The highest BCUT2D eigenvalue weighted by molar-refractivity contribution is 6.72. The molecule has 4 unspecified atom stereocenters. The van der Waals surface area contributed by atoms with Crippen molar-refractivity contribution >= 4 is 8.72 Å². The Morgan fingerprint density at radius 2 is 0.534 bits per heavy atom. The van der Waals surface area contributed by atoms with Crippen LogP contribution in [0.25, 0.3) is 0 Å². The lowest BCUT2D eigenvalue weighted by Gasteiger charge is -2.17. The molecule has 12 nitrogen and oxygen atoms in total. The fourth-order valence-corrected chi connectivity index (χ4v) is 11.0. The van der Waals surface area contributed by atoms with Crippen molar-refractivity contribution in [3.05, 3.63) is 117 Å². The van der Waals surface area contributed by atoms with E-state index in [-0.39, 0.29) is 49.2 Å². The summed E-state index contributed by atoms with van der Waals surface area (Å²) >= 11 is 0. The molecule has 0 radical (unpaired) electrons. The number of rotatable bonds is 36. The molecular formula is C60H92N8O4Si. The van der Waals surface area contributed by atoms with Gasteiger partial charge in [-0.05, 0) is 71.6 Å². The van der Waals surface area contributed by atoms with Crippen LogP contribution in [0.2, 0.25) is 0 Å². The summed E-state index contributed by atoms with van der Waals surface area (Å²) in [6.07, 6.45) is 20.7. The van der Waals surface area contributed by atoms with Crippen LogP contribution in [0.1, 0.15) is 203 Å². The van der Waals surface area contributed by atoms with Crippen molar-refractivity contribution in [1.82, 2.24) is 0 Å². The molecule has 0 heterocycles. The molecule has 400 valence electrons. The third kappa shape index (κ3) is 19.8. The molecule has 4 aromatic carbocycles. The Bertz CT molecular complexity index is 2010. The Balaban J connectivity index is 1.82. The van der Waals surface area contributed by atoms with Crippen molar-refractivity contribution in [2.24, 2.45) is 63.2 Å². The molecule has 0 aliphatic carbocycles. The monoisotopic (exact) mass is 1020 g/mol. The fraction of sp³-hybridized carbons (Fsp3) is 0.600. The Morgan fingerprint density at radius 3 is 0.726 bits per heavy atom. The summed E-state index contributed by atoms with van der Waals surface area (Å²) in [4.78, 5) is 0. The first kappa shape index (κ1) is 60.3. The second-order valence-electron chi connectivity index (χ2n) is 20.4. The highest BCUT2D eigenvalue weighted by atomic mass is 28.4. The molecular weight excluding hydrogens is 925 g/mol. The average molecular weight is 1020 g/mol. The van der Waals surface area contributed by atoms with E-state index in [1.165, 1.54) is 0 Å². The first-order valence-corrected chi connectivity index (χ1v) is 30.0. The molecule has 73 heavy (non-hydrogen) atoms. The number of nitrogens with zero attached hydrogens (tertiary/aromatic N) is 8. The standard InChI is InChI=1S/C60H92N8O4Si/c1-9-17-25-45(13-5)37-49-29-21-33-53(57(49)69)41-61-65-73(66-62-42-54-34-22-30-50(58(54)70)38-46(14-6)26-18-10-2,67-63-43-55-35-23-31-51(59(55)71)39-47(15-7)27-19-11-3)68-64-44-56-36-24-32-52(60(56)72)40-48(16-8)28-20-12-4/h21-24,29-36,45-48,69-72H,9-20,25-28,37-44H2,1-8H3/b65-61+,66-62+,67-63+,68-64+. The van der Waals surface area contributed by atoms with Gasteiger partial charge in [-0.2, -0.15) is 39.6 Å². The number of aromatic hydroxyl groups is 4. The molecule has 0 fully saturated rings. The minimum absolute atomic E-state index is 0.0269. The quantitative estimate of drug-likeness (QED) is 0.0262. The lowest BCUT2D eigenvalue weighted by Crippen LogP contribution is -2.24. The van der Waals surface area contributed by atoms with Gasteiger partial charge in [-0.3, -0.25) is 0 Å². The lowest BCUT2D eigenvalue weighted by molar-refractivity contribution is 0.423. The van der Waals surface area contributed by atoms with E-state index in [1.807, 2.05) is 72.8 Å². The average Bonchev–Trinajstić information content (AvgIpc) is 3.40. The summed E-state index contributed by atoms with van der Waals surface area (Å²) in [7, 11) is -4.22. The number of para-hydroxylation sites is 4. The second-order valence-corrected chi connectivity index (χ2v) is 22.4. The Kier molecular flexibility index (Phi) is 27.7. The van der Waals surface area contributed by atoms with Crippen LogP contribution in [-0.4, -0.2) is 29.1 Å². The van der Waals surface area contributed by atoms with Crippen LogP contribution >= 0.6 is 0 Å². The third-order valence-corrected chi connectivity index (χ3v) is 16.4. The number of hydrogen-bond donors (Lipinski definition) is 4. The van der Waals surface area contributed by atoms with Crippen LogP contribution < -0.4 is 0 Å². The zero-order valence-corrected chi connectivity index (χ0v) is 47.1. The van der Waals surface area contributed by atoms with E-state index >= 15 is 0 Å². The molecule has 4 N–H and O–H groups in total. The van der Waals surface area contributed by atoms with E-state index in [2.05, 4.69) is 75.8 Å². The van der Waals surface area contributed by atoms with Crippen LogP contribution in [0, 0.1) is 23.7 Å². The topological polar surface area (TPSA) is 180 Å². The van der Waals surface area contributed by atoms with Crippen molar-refractivity contribution in [3.8, 4) is 23.0 Å². The van der Waals surface area contributed by atoms with Gasteiger partial charge in [0, 0.05) is 22.3 Å². The first-order valence-electron chi connectivity index (χ1n) is 28.2. The van der Waals surface area contributed by atoms with Gasteiger partial charge in [0.25, 0.3) is 0 Å². The molecule has 0 aliphatic heterocycles. The van der Waals surface area contributed by atoms with E-state index in [4.69, 9.17) is 19.1 Å². The Labute approximate surface area is 440 Å². The van der Waals surface area contributed by atoms with Gasteiger partial charge >= 0.3 is 8.72 Å². The van der Waals surface area contributed by atoms with Gasteiger partial charge in [0.2, 0.25) is 0 Å². The van der Waals surface area contributed by atoms with Crippen molar-refractivity contribution in [2.75, 3.05) is 0 Å². The maximum Gasteiger partial charge on any atom is 0.650 e. The highest BCUT2D eigenvalue weighted by Crippen LogP contribution is 2.33. The van der Waals surface area contributed by atoms with Gasteiger partial charge in [-0.1, -0.05) is 231 Å². The summed E-state index contributed by atoms with van der Waals surface area (Å²) < 4.78 is 19.1. The van der Waals surface area contributed by atoms with Crippen LogP contribution in [-0.2, 0) is 51.9 Å². The van der Waals surface area contributed by atoms with Crippen LogP contribution in [0.15, 0.2) is 112 Å². The smallest absolute Gasteiger partial charge is 0.507 e. The van der Waals surface area contributed by atoms with Crippen molar-refractivity contribution < 1.29 is 20.4 Å². The zero-order chi connectivity index (χ0) is 52.9. The number of unbranched alkanes of at least 4 members (excludes halogenated alkanes) is 4. The fourth-order valence-electron chi connectivity index (χ4n) is 9.71. The molecule has 4 aromatic rings. The number of hydrogen-bond acceptors (Lipinski definition) is 12. The molecule has 0 aromatic heterocycles. The molecule has 0 amide bonds. The van der Waals surface area contributed by atoms with Gasteiger partial charge in [0.1, 0.15) is 23.0 Å². The van der Waals surface area contributed by atoms with Crippen molar-refractivity contribution in [1.29, 1.82) is 0 Å². The van der Waals surface area contributed by atoms with Crippen molar-refractivity contribution in [3.63, 3.8) is 0 Å². The summed E-state index contributed by atoms with van der Waals surface area (Å²) in [5, 5.41) is 65.0. The van der Waals surface area contributed by atoms with Crippen LogP contribution in [0.5, 0.6) is 23.0 Å². The molecule has 0 bridgehead atoms. The SMILES string of the molecule is CCCCC(CC)Cc1cccc(C/N=N/[Si](/N=N/Cc2cccc(CC(CC)CCCC)c2O)(/N=N/Cc2cccc(CC(CC)CCCC)c2O)/N=N/Cc2cccc(CC(CC)CCCC)c2O)c1O. The summed E-state index contributed by atoms with van der Waals surface area (Å²) in [6, 6.07) is 23.1. The van der Waals surface area contributed by atoms with E-state index in [0.29, 0.717) is 45.9 Å². The van der Waals surface area contributed by atoms with Gasteiger partial charge in [-0.15, -0.1) is 0 Å². The lowest BCUT2D eigenvalue weighted by atomic mass is 9.91. The predicted molar refractivity (Wildman–Crippen MR) is 300 cm³/mol. The first-order chi connectivity index (χ1) is 35.5. The van der Waals surface area contributed by atoms with E-state index < -0.39 is 8.72 Å². The molecule has 4 atom stereocenters. The number of phenols is 4. The maximum absolute atomic E-state index is 11.6. The Hall–Kier alpha value is -5.30. The van der Waals surface area contributed by atoms with Crippen LogP contribution in [0.3, 0.4) is 0 Å². The predicted octanol–water partition coefficient (Wildman–Crippen LogP) is 17.9. The summed E-state index contributed by atoms with van der Waals surface area (Å²) in [6.45, 7) is 17.7. The summed E-state index contributed by atoms with van der Waals surface area (Å²) in [5.74, 6) is 2.65. The number of benzene rings is 4. The second kappa shape index (κ2) is 33.5. The summed E-state index contributed by atoms with van der Waals surface area (Å²) in [5.41, 5.74) is 5.98. The maximum atomic E-state index is 11.6. The van der Waals surface area contributed by atoms with Gasteiger partial charge in [0.15, 0.2) is 0 Å². The van der Waals surface area contributed by atoms with E-state index in [0.717, 1.165) is 151 Å². The largest absolute Gasteiger partial charge is 0.650 e. The Morgan fingerprint density at radius 1 is 0.329 bits per heavy atom. The highest BCUT2D eigenvalue weighted by Gasteiger charge is 2.40. The van der Waals surface area contributed by atoms with Crippen LogP contribution in [0.4, 0.5) is 0 Å². The minimum Gasteiger partial charge on any atom is -0.507 e. The van der Waals surface area contributed by atoms with E-state index in [9.17, 15) is 20.4 Å². The minimum atomic E-state index is -4.22. The molecule has 13 heteroatoms. The molecule has 0 aliphatic rings.